The predicted molar refractivity (Wildman–Crippen MR) is 73.4 cm³/mol. The van der Waals surface area contributed by atoms with Gasteiger partial charge in [0.05, 0.1) is 16.1 Å². The Hall–Kier alpha value is -2.10. The van der Waals surface area contributed by atoms with Gasteiger partial charge in [-0.3, -0.25) is 4.72 Å². The van der Waals surface area contributed by atoms with E-state index in [0.29, 0.717) is 5.02 Å². The summed E-state index contributed by atoms with van der Waals surface area (Å²) < 4.78 is 39.6. The van der Waals surface area contributed by atoms with Crippen LogP contribution in [0.4, 0.5) is 10.1 Å². The van der Waals surface area contributed by atoms with Gasteiger partial charge in [-0.1, -0.05) is 11.6 Å². The lowest BCUT2D eigenvalue weighted by Gasteiger charge is -2.08. The lowest BCUT2D eigenvalue weighted by atomic mass is 10.2. The standard InChI is InChI=1S/C13H8ClFN2O2S/c14-10-1-4-12(5-2-10)20(18,19)17-11-3-6-13(15)9(7-11)8-16/h1-7,17H. The summed E-state index contributed by atoms with van der Waals surface area (Å²) >= 11 is 5.69. The average Bonchev–Trinajstić information content (AvgIpc) is 2.41. The third kappa shape index (κ3) is 3.07. The molecule has 0 heterocycles. The second-order valence-electron chi connectivity index (χ2n) is 3.87. The normalized spacial score (nSPS) is 10.8. The van der Waals surface area contributed by atoms with Gasteiger partial charge in [0.25, 0.3) is 10.0 Å². The van der Waals surface area contributed by atoms with Crippen LogP contribution in [0.3, 0.4) is 0 Å². The molecule has 102 valence electrons. The van der Waals surface area contributed by atoms with Crippen LogP contribution in [-0.2, 0) is 10.0 Å². The Morgan fingerprint density at radius 2 is 1.80 bits per heavy atom. The minimum Gasteiger partial charge on any atom is -0.280 e. The molecule has 7 heteroatoms. The summed E-state index contributed by atoms with van der Waals surface area (Å²) in [6.45, 7) is 0. The molecule has 20 heavy (non-hydrogen) atoms. The van der Waals surface area contributed by atoms with Gasteiger partial charge in [-0.15, -0.1) is 0 Å². The number of benzene rings is 2. The van der Waals surface area contributed by atoms with E-state index in [4.69, 9.17) is 16.9 Å². The Bertz CT molecular complexity index is 783. The van der Waals surface area contributed by atoms with Gasteiger partial charge in [0.15, 0.2) is 0 Å². The second kappa shape index (κ2) is 5.49. The van der Waals surface area contributed by atoms with Gasteiger partial charge in [-0.05, 0) is 42.5 Å². The van der Waals surface area contributed by atoms with E-state index in [1.807, 2.05) is 0 Å². The zero-order valence-electron chi connectivity index (χ0n) is 9.97. The first-order valence-electron chi connectivity index (χ1n) is 5.40. The molecule has 0 bridgehead atoms. The summed E-state index contributed by atoms with van der Waals surface area (Å²) in [5, 5.41) is 9.12. The minimum absolute atomic E-state index is 0.0183. The number of nitrogens with zero attached hydrogens (tertiary/aromatic N) is 1. The van der Waals surface area contributed by atoms with E-state index < -0.39 is 15.8 Å². The lowest BCUT2D eigenvalue weighted by molar-refractivity contribution is 0.601. The average molecular weight is 311 g/mol. The predicted octanol–water partition coefficient (Wildman–Crippen LogP) is 3.15. The van der Waals surface area contributed by atoms with Crippen molar-refractivity contribution in [1.29, 1.82) is 5.26 Å². The molecule has 0 aliphatic rings. The van der Waals surface area contributed by atoms with Gasteiger partial charge >= 0.3 is 0 Å². The first-order valence-corrected chi connectivity index (χ1v) is 7.26. The number of anilines is 1. The fourth-order valence-corrected chi connectivity index (χ4v) is 2.68. The molecule has 0 unspecified atom stereocenters. The number of nitriles is 1. The number of rotatable bonds is 3. The van der Waals surface area contributed by atoms with Gasteiger partial charge in [0.2, 0.25) is 0 Å². The number of sulfonamides is 1. The highest BCUT2D eigenvalue weighted by atomic mass is 35.5. The molecule has 0 amide bonds. The highest BCUT2D eigenvalue weighted by molar-refractivity contribution is 7.92. The van der Waals surface area contributed by atoms with Crippen LogP contribution in [0.25, 0.3) is 0 Å². The van der Waals surface area contributed by atoms with Crippen LogP contribution in [0.1, 0.15) is 5.56 Å². The van der Waals surface area contributed by atoms with Crippen molar-refractivity contribution < 1.29 is 12.8 Å². The molecule has 0 spiro atoms. The largest absolute Gasteiger partial charge is 0.280 e. The van der Waals surface area contributed by atoms with Crippen molar-refractivity contribution in [3.05, 3.63) is 58.9 Å². The van der Waals surface area contributed by atoms with Crippen LogP contribution in [0.2, 0.25) is 5.02 Å². The first-order chi connectivity index (χ1) is 9.42. The Morgan fingerprint density at radius 1 is 1.15 bits per heavy atom. The summed E-state index contributed by atoms with van der Waals surface area (Å²) in [7, 11) is -3.81. The third-order valence-electron chi connectivity index (χ3n) is 2.46. The molecule has 0 atom stereocenters. The fraction of sp³-hybridized carbons (Fsp3) is 0. The molecular weight excluding hydrogens is 303 g/mol. The van der Waals surface area contributed by atoms with Crippen molar-refractivity contribution >= 4 is 27.3 Å². The maximum atomic E-state index is 13.2. The van der Waals surface area contributed by atoms with Crippen LogP contribution >= 0.6 is 11.6 Å². The Balaban J connectivity index is 2.34. The van der Waals surface area contributed by atoms with Gasteiger partial charge in [-0.2, -0.15) is 5.26 Å². The van der Waals surface area contributed by atoms with Crippen molar-refractivity contribution in [2.24, 2.45) is 0 Å². The monoisotopic (exact) mass is 310 g/mol. The molecular formula is C13H8ClFN2O2S. The highest BCUT2D eigenvalue weighted by Crippen LogP contribution is 2.20. The number of halogens is 2. The van der Waals surface area contributed by atoms with E-state index >= 15 is 0 Å². The van der Waals surface area contributed by atoms with E-state index in [1.54, 1.807) is 6.07 Å². The molecule has 0 aromatic heterocycles. The molecule has 2 rings (SSSR count). The van der Waals surface area contributed by atoms with Gasteiger partial charge in [0, 0.05) is 5.02 Å². The highest BCUT2D eigenvalue weighted by Gasteiger charge is 2.14. The topological polar surface area (TPSA) is 70.0 Å². The van der Waals surface area contributed by atoms with Gasteiger partial charge in [0.1, 0.15) is 11.9 Å². The smallest absolute Gasteiger partial charge is 0.261 e. The van der Waals surface area contributed by atoms with Crippen molar-refractivity contribution in [2.75, 3.05) is 4.72 Å². The molecule has 0 fully saturated rings. The molecule has 2 aromatic rings. The van der Waals surface area contributed by atoms with Crippen LogP contribution in [-0.4, -0.2) is 8.42 Å². The van der Waals surface area contributed by atoms with Crippen LogP contribution in [0, 0.1) is 17.1 Å². The van der Waals surface area contributed by atoms with E-state index in [2.05, 4.69) is 4.72 Å². The number of hydrogen-bond donors (Lipinski definition) is 1. The molecule has 0 saturated heterocycles. The van der Waals surface area contributed by atoms with E-state index in [9.17, 15) is 12.8 Å². The molecule has 0 aliphatic carbocycles. The summed E-state index contributed by atoms with van der Waals surface area (Å²) in [4.78, 5) is 0.0183. The van der Waals surface area contributed by atoms with Crippen molar-refractivity contribution in [2.45, 2.75) is 4.90 Å². The van der Waals surface area contributed by atoms with E-state index in [0.717, 1.165) is 12.1 Å². The number of nitrogens with one attached hydrogen (secondary N) is 1. The summed E-state index contributed by atoms with van der Waals surface area (Å²) in [5.41, 5.74) is -0.126. The summed E-state index contributed by atoms with van der Waals surface area (Å²) in [6, 6.07) is 10.6. The van der Waals surface area contributed by atoms with Gasteiger partial charge in [-0.25, -0.2) is 12.8 Å². The van der Waals surface area contributed by atoms with Crippen molar-refractivity contribution in [3.63, 3.8) is 0 Å². The summed E-state index contributed by atoms with van der Waals surface area (Å²) in [5.74, 6) is -0.707. The van der Waals surface area contributed by atoms with E-state index in [1.165, 1.54) is 30.3 Å². The maximum absolute atomic E-state index is 13.2. The van der Waals surface area contributed by atoms with Crippen LogP contribution < -0.4 is 4.72 Å². The summed E-state index contributed by atoms with van der Waals surface area (Å²) in [6.07, 6.45) is 0. The Kier molecular flexibility index (Phi) is 3.93. The maximum Gasteiger partial charge on any atom is 0.261 e. The fourth-order valence-electron chi connectivity index (χ4n) is 1.50. The van der Waals surface area contributed by atoms with Crippen LogP contribution in [0.15, 0.2) is 47.4 Å². The molecule has 0 saturated carbocycles. The zero-order chi connectivity index (χ0) is 14.8. The second-order valence-corrected chi connectivity index (χ2v) is 5.98. The third-order valence-corrected chi connectivity index (χ3v) is 4.11. The van der Waals surface area contributed by atoms with Crippen molar-refractivity contribution in [1.82, 2.24) is 0 Å². The zero-order valence-corrected chi connectivity index (χ0v) is 11.5. The van der Waals surface area contributed by atoms with E-state index in [-0.39, 0.29) is 16.1 Å². The quantitative estimate of drug-likeness (QED) is 0.946. The molecule has 1 N–H and O–H groups in total. The first kappa shape index (κ1) is 14.3. The number of hydrogen-bond acceptors (Lipinski definition) is 3. The Morgan fingerprint density at radius 3 is 2.40 bits per heavy atom. The van der Waals surface area contributed by atoms with Gasteiger partial charge < -0.3 is 0 Å². The molecule has 4 nitrogen and oxygen atoms in total. The minimum atomic E-state index is -3.81. The Labute approximate surface area is 120 Å². The molecule has 0 radical (unpaired) electrons. The van der Waals surface area contributed by atoms with Crippen molar-refractivity contribution in [3.8, 4) is 6.07 Å². The molecule has 2 aromatic carbocycles. The lowest BCUT2D eigenvalue weighted by Crippen LogP contribution is -2.13. The SMILES string of the molecule is N#Cc1cc(NS(=O)(=O)c2ccc(Cl)cc2)ccc1F. The molecule has 0 aliphatic heterocycles. The van der Waals surface area contributed by atoms with Crippen LogP contribution in [0.5, 0.6) is 0 Å².